The van der Waals surface area contributed by atoms with Crippen LogP contribution in [0, 0.1) is 0 Å². The minimum absolute atomic E-state index is 0.686. The van der Waals surface area contributed by atoms with E-state index in [2.05, 4.69) is 0 Å². The summed E-state index contributed by atoms with van der Waals surface area (Å²) in [6, 6.07) is 0. The lowest BCUT2D eigenvalue weighted by Gasteiger charge is -2.48. The zero-order valence-electron chi connectivity index (χ0n) is 29.2. The van der Waals surface area contributed by atoms with Crippen molar-refractivity contribution in [3.05, 3.63) is 0 Å². The second-order valence-corrected chi connectivity index (χ2v) is 14.0. The molecule has 5 heterocycles. The highest BCUT2D eigenvalue weighted by molar-refractivity contribution is 4.97. The topological polar surface area (TPSA) is 427 Å². The number of aliphatic hydroxyl groups is 17. The molecule has 25 atom stereocenters. The molecule has 0 aromatic heterocycles. The van der Waals surface area contributed by atoms with Gasteiger partial charge in [0, 0.05) is 0 Å². The molecule has 26 nitrogen and oxygen atoms in total. The fourth-order valence-corrected chi connectivity index (χ4v) is 6.82. The van der Waals surface area contributed by atoms with E-state index < -0.39 is 187 Å². The molecule has 26 heteroatoms. The van der Waals surface area contributed by atoms with E-state index in [1.165, 1.54) is 0 Å². The first kappa shape index (κ1) is 46.0. The van der Waals surface area contributed by atoms with E-state index in [0.29, 0.717) is 0 Å². The predicted molar refractivity (Wildman–Crippen MR) is 167 cm³/mol. The molecule has 0 amide bonds. The van der Waals surface area contributed by atoms with Crippen LogP contribution in [0.2, 0.25) is 0 Å². The molecule has 0 aromatic carbocycles. The molecular formula is C30H52O26. The lowest BCUT2D eigenvalue weighted by molar-refractivity contribution is -0.380. The van der Waals surface area contributed by atoms with Crippen LogP contribution in [-0.4, -0.2) is 273 Å². The Hall–Kier alpha value is -1.04. The molecule has 0 saturated carbocycles. The van der Waals surface area contributed by atoms with E-state index in [9.17, 15) is 86.8 Å². The summed E-state index contributed by atoms with van der Waals surface area (Å²) < 4.78 is 48.8. The smallest absolute Gasteiger partial charge is 0.187 e. The van der Waals surface area contributed by atoms with Gasteiger partial charge in [0.05, 0.1) is 33.0 Å². The number of aliphatic hydroxyl groups excluding tert-OH is 17. The van der Waals surface area contributed by atoms with Gasteiger partial charge < -0.3 is 129 Å². The Labute approximate surface area is 316 Å². The van der Waals surface area contributed by atoms with Gasteiger partial charge >= 0.3 is 0 Å². The molecule has 5 fully saturated rings. The van der Waals surface area contributed by atoms with Crippen LogP contribution in [0.1, 0.15) is 0 Å². The van der Waals surface area contributed by atoms with Crippen molar-refractivity contribution < 1.29 is 129 Å². The Kier molecular flexibility index (Phi) is 16.1. The lowest BCUT2D eigenvalue weighted by atomic mass is 9.96. The third-order valence-electron chi connectivity index (χ3n) is 10.3. The normalized spacial score (nSPS) is 53.2. The molecule has 56 heavy (non-hydrogen) atoms. The molecule has 5 rings (SSSR count). The molecule has 0 radical (unpaired) electrons. The molecule has 0 spiro atoms. The Balaban J connectivity index is 1.20. The van der Waals surface area contributed by atoms with Crippen LogP contribution in [0.25, 0.3) is 0 Å². The Morgan fingerprint density at radius 1 is 0.304 bits per heavy atom. The second-order valence-electron chi connectivity index (χ2n) is 14.0. The Bertz CT molecular complexity index is 1200. The quantitative estimate of drug-likeness (QED) is 0.0819. The summed E-state index contributed by atoms with van der Waals surface area (Å²) >= 11 is 0. The number of hydrogen-bond acceptors (Lipinski definition) is 26. The standard InChI is InChI=1S/C30H52O26/c31-1-6-11(34)14(37)20(43)27(51-6)48-4-9-12(35)15(38)21(44)28(53-9)49-5-10-13(36)16(39)22(45)29(54-10)56-25-8(3-33)52-30(23(46)18(25)41)55-24-7(2-32)50-26(47)19(42)17(24)40/h6-47H,1-5H2/t6-,7-,8-,9-,10-,11-,12-,13-,14+,15+,16+,17-,18-,19-,20-,21-,22-,23-,24-,25-,26?,27+,28+,29-,30-/m1/s1. The van der Waals surface area contributed by atoms with E-state index in [0.717, 1.165) is 0 Å². The van der Waals surface area contributed by atoms with Gasteiger partial charge in [-0.3, -0.25) is 0 Å². The van der Waals surface area contributed by atoms with Crippen LogP contribution in [0.4, 0.5) is 0 Å². The Morgan fingerprint density at radius 2 is 0.625 bits per heavy atom. The van der Waals surface area contributed by atoms with E-state index in [1.807, 2.05) is 0 Å². The van der Waals surface area contributed by atoms with Gasteiger partial charge in [-0.15, -0.1) is 0 Å². The molecule has 0 aliphatic carbocycles. The van der Waals surface area contributed by atoms with E-state index in [1.54, 1.807) is 0 Å². The average Bonchev–Trinajstić information content (AvgIpc) is 3.18. The van der Waals surface area contributed by atoms with Crippen molar-refractivity contribution in [1.82, 2.24) is 0 Å². The molecule has 17 N–H and O–H groups in total. The maximum atomic E-state index is 11.0. The highest BCUT2D eigenvalue weighted by Gasteiger charge is 2.54. The predicted octanol–water partition coefficient (Wildman–Crippen LogP) is -11.9. The van der Waals surface area contributed by atoms with Gasteiger partial charge in [-0.25, -0.2) is 0 Å². The van der Waals surface area contributed by atoms with Crippen molar-refractivity contribution in [2.45, 2.75) is 154 Å². The summed E-state index contributed by atoms with van der Waals surface area (Å²) in [6.45, 7) is -4.02. The molecule has 5 aliphatic rings. The van der Waals surface area contributed by atoms with E-state index in [4.69, 9.17) is 42.6 Å². The highest BCUT2D eigenvalue weighted by Crippen LogP contribution is 2.33. The van der Waals surface area contributed by atoms with Crippen LogP contribution >= 0.6 is 0 Å². The van der Waals surface area contributed by atoms with Gasteiger partial charge in [-0.1, -0.05) is 0 Å². The summed E-state index contributed by atoms with van der Waals surface area (Å²) in [5, 5.41) is 175. The molecule has 0 aromatic rings. The first-order chi connectivity index (χ1) is 26.4. The first-order valence-electron chi connectivity index (χ1n) is 17.6. The minimum atomic E-state index is -2.06. The van der Waals surface area contributed by atoms with Crippen molar-refractivity contribution in [2.75, 3.05) is 33.0 Å². The Morgan fingerprint density at radius 3 is 1.07 bits per heavy atom. The fourth-order valence-electron chi connectivity index (χ4n) is 6.82. The summed E-state index contributed by atoms with van der Waals surface area (Å²) in [7, 11) is 0. The van der Waals surface area contributed by atoms with Gasteiger partial charge in [-0.2, -0.15) is 0 Å². The van der Waals surface area contributed by atoms with E-state index >= 15 is 0 Å². The van der Waals surface area contributed by atoms with Crippen molar-refractivity contribution in [2.24, 2.45) is 0 Å². The van der Waals surface area contributed by atoms with E-state index in [-0.39, 0.29) is 0 Å². The van der Waals surface area contributed by atoms with Gasteiger partial charge in [0.2, 0.25) is 0 Å². The van der Waals surface area contributed by atoms with Crippen LogP contribution in [0.5, 0.6) is 0 Å². The average molecular weight is 829 g/mol. The lowest BCUT2D eigenvalue weighted by Crippen LogP contribution is -2.66. The van der Waals surface area contributed by atoms with Crippen LogP contribution < -0.4 is 0 Å². The van der Waals surface area contributed by atoms with Gasteiger partial charge in [0.25, 0.3) is 0 Å². The van der Waals surface area contributed by atoms with Crippen LogP contribution in [0.15, 0.2) is 0 Å². The van der Waals surface area contributed by atoms with Gasteiger partial charge in [-0.05, 0) is 0 Å². The molecule has 328 valence electrons. The van der Waals surface area contributed by atoms with Crippen LogP contribution in [0.3, 0.4) is 0 Å². The third kappa shape index (κ3) is 9.46. The zero-order valence-corrected chi connectivity index (χ0v) is 29.2. The maximum absolute atomic E-state index is 11.0. The monoisotopic (exact) mass is 828 g/mol. The third-order valence-corrected chi connectivity index (χ3v) is 10.3. The number of ether oxygens (including phenoxy) is 9. The molecule has 5 aliphatic heterocycles. The number of rotatable bonds is 13. The number of hydrogen-bond donors (Lipinski definition) is 17. The summed E-state index contributed by atoms with van der Waals surface area (Å²) in [4.78, 5) is 0. The highest BCUT2D eigenvalue weighted by atomic mass is 16.8. The van der Waals surface area contributed by atoms with Crippen molar-refractivity contribution in [1.29, 1.82) is 0 Å². The second kappa shape index (κ2) is 19.6. The van der Waals surface area contributed by atoms with Crippen LogP contribution in [-0.2, 0) is 42.6 Å². The molecule has 0 bridgehead atoms. The SMILES string of the molecule is OC[C@H]1O[C@H](OC[C@H]2O[C@H](OC[C@H]3O[C@H](O[C@H]4[C@H](O)[C@@H](O)[C@@H](O[C@H]5[C@H](O)[C@@H](O)C(O)O[C@@H]5CO)O[C@@H]4CO)[C@H](O)[C@@H](O)[C@@H]3O)[C@H](O)[C@@H](O)[C@@H]2O)[C@H](O)[C@@H](O)[C@@H]1O. The largest absolute Gasteiger partial charge is 0.394 e. The summed E-state index contributed by atoms with van der Waals surface area (Å²) in [5.74, 6) is 0. The first-order valence-corrected chi connectivity index (χ1v) is 17.6. The molecule has 1 unspecified atom stereocenters. The van der Waals surface area contributed by atoms with Crippen molar-refractivity contribution >= 4 is 0 Å². The van der Waals surface area contributed by atoms with Crippen molar-refractivity contribution in [3.8, 4) is 0 Å². The van der Waals surface area contributed by atoms with Gasteiger partial charge in [0.1, 0.15) is 122 Å². The summed E-state index contributed by atoms with van der Waals surface area (Å²) in [5.41, 5.74) is 0. The zero-order chi connectivity index (χ0) is 41.3. The molecule has 5 saturated heterocycles. The maximum Gasteiger partial charge on any atom is 0.187 e. The molecular weight excluding hydrogens is 776 g/mol. The van der Waals surface area contributed by atoms with Gasteiger partial charge in [0.15, 0.2) is 31.5 Å². The summed E-state index contributed by atoms with van der Waals surface area (Å²) in [6.07, 6.45) is -45.0. The van der Waals surface area contributed by atoms with Crippen molar-refractivity contribution in [3.63, 3.8) is 0 Å². The minimum Gasteiger partial charge on any atom is -0.394 e. The fraction of sp³-hybridized carbons (Fsp3) is 1.00.